The monoisotopic (exact) mass is 591 g/mol. The molecule has 5 aromatic rings. The average Bonchev–Trinajstić information content (AvgIpc) is 2.86. The maximum Gasteiger partial charge on any atom is 0.0268 e. The summed E-state index contributed by atoms with van der Waals surface area (Å²) in [5.41, 5.74) is 7.44. The van der Waals surface area contributed by atoms with Gasteiger partial charge in [-0.15, -0.1) is 53.6 Å². The van der Waals surface area contributed by atoms with Gasteiger partial charge in [0.1, 0.15) is 0 Å². The molecule has 0 amide bonds. The summed E-state index contributed by atoms with van der Waals surface area (Å²) in [6, 6.07) is 39.4. The van der Waals surface area contributed by atoms with Crippen molar-refractivity contribution in [3.63, 3.8) is 0 Å². The van der Waals surface area contributed by atoms with Crippen molar-refractivity contribution in [3.05, 3.63) is 140 Å². The summed E-state index contributed by atoms with van der Waals surface area (Å²) in [6.45, 7) is 4.06. The number of hydrogen-bond donors (Lipinski definition) is 0. The number of rotatable bonds is 3. The first-order valence-corrected chi connectivity index (χ1v) is 10.1. The summed E-state index contributed by atoms with van der Waals surface area (Å²) >= 11 is 0. The number of hydrogen-bond acceptors (Lipinski definition) is 2. The Labute approximate surface area is 203 Å². The van der Waals surface area contributed by atoms with Crippen LogP contribution in [-0.4, -0.2) is 9.97 Å². The molecule has 2 heterocycles. The summed E-state index contributed by atoms with van der Waals surface area (Å²) < 4.78 is 0. The molecule has 0 fully saturated rings. The average molecular weight is 591 g/mol. The fourth-order valence-corrected chi connectivity index (χ4v) is 3.23. The van der Waals surface area contributed by atoms with Crippen LogP contribution in [0.5, 0.6) is 0 Å². The predicted molar refractivity (Wildman–Crippen MR) is 128 cm³/mol. The van der Waals surface area contributed by atoms with Gasteiger partial charge in [-0.2, -0.15) is 18.6 Å². The molecule has 0 N–H and O–H groups in total. The summed E-state index contributed by atoms with van der Waals surface area (Å²) in [7, 11) is 0. The second-order valence-electron chi connectivity index (χ2n) is 6.94. The Hall–Kier alpha value is -3.52. The largest absolute Gasteiger partial charge is 0.305 e. The fourth-order valence-electron chi connectivity index (χ4n) is 3.23. The zero-order valence-electron chi connectivity index (χ0n) is 17.5. The van der Waals surface area contributed by atoms with E-state index in [0.717, 1.165) is 28.1 Å². The van der Waals surface area contributed by atoms with Crippen molar-refractivity contribution in [1.29, 1.82) is 0 Å². The first-order valence-electron chi connectivity index (χ1n) is 10.1. The van der Waals surface area contributed by atoms with Crippen LogP contribution in [0.1, 0.15) is 5.56 Å². The van der Waals surface area contributed by atoms with Crippen molar-refractivity contribution in [3.8, 4) is 33.6 Å². The van der Waals surface area contributed by atoms with Crippen LogP contribution in [-0.2, 0) is 20.1 Å². The number of pyridine rings is 2. The molecule has 0 unspecified atom stereocenters. The summed E-state index contributed by atoms with van der Waals surface area (Å²) in [5, 5.41) is 0. The Morgan fingerprint density at radius 3 is 2.03 bits per heavy atom. The third-order valence-corrected chi connectivity index (χ3v) is 4.81. The maximum absolute atomic E-state index is 4.46. The second-order valence-corrected chi connectivity index (χ2v) is 6.94. The minimum absolute atomic E-state index is 0. The maximum atomic E-state index is 4.46. The standard InChI is InChI=1S/C18H14N.C11H8N.Ir/c1-14-7-5-6-10-17(14)18-13-16(11-12-19-18)15-8-3-2-4-9-15;1-2-6-10(7-3-1)11-8-4-5-9-12-11;/h2-13H,1H2;1-6,8-9H;/q2*-1;. The SMILES string of the molecule is [CH2-]c1ccccc1-c1cc(-c2ccccc2)ccn1.[Ir].[c-]1ccccc1-c1ccccn1. The van der Waals surface area contributed by atoms with Crippen LogP contribution < -0.4 is 0 Å². The number of aromatic nitrogens is 2. The molecule has 0 saturated carbocycles. The molecular formula is C29H22IrN2-2. The third kappa shape index (κ3) is 6.01. The van der Waals surface area contributed by atoms with Crippen LogP contribution in [0, 0.1) is 13.0 Å². The third-order valence-electron chi connectivity index (χ3n) is 4.81. The van der Waals surface area contributed by atoms with Gasteiger partial charge in [-0.25, -0.2) is 0 Å². The molecule has 5 rings (SSSR count). The quantitative estimate of drug-likeness (QED) is 0.209. The number of nitrogens with zero attached hydrogens (tertiary/aromatic N) is 2. The molecule has 1 radical (unpaired) electrons. The van der Waals surface area contributed by atoms with E-state index in [0.29, 0.717) is 0 Å². The van der Waals surface area contributed by atoms with E-state index in [1.54, 1.807) is 6.20 Å². The van der Waals surface area contributed by atoms with E-state index in [9.17, 15) is 0 Å². The molecule has 159 valence electrons. The van der Waals surface area contributed by atoms with E-state index in [1.165, 1.54) is 11.1 Å². The Kier molecular flexibility index (Phi) is 8.51. The molecular weight excluding hydrogens is 569 g/mol. The minimum atomic E-state index is 0. The van der Waals surface area contributed by atoms with Gasteiger partial charge in [-0.3, -0.25) is 4.98 Å². The van der Waals surface area contributed by atoms with Crippen molar-refractivity contribution in [2.24, 2.45) is 0 Å². The molecule has 3 heteroatoms. The Bertz CT molecular complexity index is 1190. The van der Waals surface area contributed by atoms with E-state index in [4.69, 9.17) is 0 Å². The zero-order chi connectivity index (χ0) is 21.3. The normalized spacial score (nSPS) is 9.75. The van der Waals surface area contributed by atoms with Gasteiger partial charge in [-0.1, -0.05) is 48.5 Å². The first-order chi connectivity index (χ1) is 15.3. The molecule has 2 aromatic heterocycles. The molecule has 2 nitrogen and oxygen atoms in total. The van der Waals surface area contributed by atoms with Crippen LogP contribution >= 0.6 is 0 Å². The summed E-state index contributed by atoms with van der Waals surface area (Å²) in [4.78, 5) is 8.67. The molecule has 0 saturated heterocycles. The zero-order valence-corrected chi connectivity index (χ0v) is 19.9. The molecule has 0 spiro atoms. The van der Waals surface area contributed by atoms with Gasteiger partial charge in [0.25, 0.3) is 0 Å². The van der Waals surface area contributed by atoms with Crippen LogP contribution in [0.2, 0.25) is 0 Å². The van der Waals surface area contributed by atoms with Crippen molar-refractivity contribution >= 4 is 0 Å². The topological polar surface area (TPSA) is 25.8 Å². The van der Waals surface area contributed by atoms with Gasteiger partial charge in [0.15, 0.2) is 0 Å². The summed E-state index contributed by atoms with van der Waals surface area (Å²) in [5.74, 6) is 0. The van der Waals surface area contributed by atoms with Crippen molar-refractivity contribution < 1.29 is 20.1 Å². The Morgan fingerprint density at radius 2 is 1.31 bits per heavy atom. The van der Waals surface area contributed by atoms with Gasteiger partial charge in [-0.05, 0) is 35.0 Å². The van der Waals surface area contributed by atoms with E-state index in [2.05, 4.69) is 47.2 Å². The molecule has 0 aliphatic carbocycles. The second kappa shape index (κ2) is 11.8. The van der Waals surface area contributed by atoms with Crippen LogP contribution in [0.4, 0.5) is 0 Å². The minimum Gasteiger partial charge on any atom is -0.305 e. The van der Waals surface area contributed by atoms with E-state index in [1.807, 2.05) is 91.1 Å². The predicted octanol–water partition coefficient (Wildman–Crippen LogP) is 7.14. The summed E-state index contributed by atoms with van der Waals surface area (Å²) in [6.07, 6.45) is 3.64. The van der Waals surface area contributed by atoms with E-state index in [-0.39, 0.29) is 20.1 Å². The smallest absolute Gasteiger partial charge is 0.0268 e. The fraction of sp³-hybridized carbons (Fsp3) is 0. The molecule has 0 bridgehead atoms. The van der Waals surface area contributed by atoms with Gasteiger partial charge in [0.2, 0.25) is 0 Å². The number of benzene rings is 3. The van der Waals surface area contributed by atoms with Gasteiger partial charge in [0, 0.05) is 38.2 Å². The van der Waals surface area contributed by atoms with Crippen LogP contribution in [0.15, 0.2) is 122 Å². The van der Waals surface area contributed by atoms with Gasteiger partial charge < -0.3 is 4.98 Å². The molecule has 3 aromatic carbocycles. The van der Waals surface area contributed by atoms with Crippen molar-refractivity contribution in [2.45, 2.75) is 0 Å². The Balaban J connectivity index is 0.000000193. The van der Waals surface area contributed by atoms with Crippen LogP contribution in [0.3, 0.4) is 0 Å². The van der Waals surface area contributed by atoms with Crippen LogP contribution in [0.25, 0.3) is 33.6 Å². The van der Waals surface area contributed by atoms with Gasteiger partial charge in [0.05, 0.1) is 0 Å². The molecule has 32 heavy (non-hydrogen) atoms. The first kappa shape index (κ1) is 23.1. The molecule has 0 atom stereocenters. The molecule has 0 aliphatic rings. The molecule has 0 aliphatic heterocycles. The van der Waals surface area contributed by atoms with Crippen molar-refractivity contribution in [2.75, 3.05) is 0 Å². The van der Waals surface area contributed by atoms with E-state index < -0.39 is 0 Å². The van der Waals surface area contributed by atoms with Crippen molar-refractivity contribution in [1.82, 2.24) is 9.97 Å². The Morgan fingerprint density at radius 1 is 0.594 bits per heavy atom. The van der Waals surface area contributed by atoms with E-state index >= 15 is 0 Å². The van der Waals surface area contributed by atoms with Gasteiger partial charge >= 0.3 is 0 Å².